The lowest BCUT2D eigenvalue weighted by Gasteiger charge is -2.10. The lowest BCUT2D eigenvalue weighted by molar-refractivity contribution is 0.415. The van der Waals surface area contributed by atoms with Crippen molar-refractivity contribution in [2.45, 2.75) is 6.54 Å². The van der Waals surface area contributed by atoms with Crippen molar-refractivity contribution in [2.24, 2.45) is 0 Å². The Bertz CT molecular complexity index is 637. The monoisotopic (exact) mass is 361 g/mol. The van der Waals surface area contributed by atoms with Gasteiger partial charge in [-0.15, -0.1) is 0 Å². The molecule has 2 nitrogen and oxygen atoms in total. The molecule has 0 unspecified atom stereocenters. The summed E-state index contributed by atoms with van der Waals surface area (Å²) in [4.78, 5) is 0. The van der Waals surface area contributed by atoms with E-state index in [0.29, 0.717) is 16.0 Å². The van der Waals surface area contributed by atoms with Crippen molar-refractivity contribution in [1.82, 2.24) is 5.32 Å². The molecule has 0 saturated heterocycles. The van der Waals surface area contributed by atoms with Gasteiger partial charge in [-0.25, -0.2) is 4.39 Å². The predicted octanol–water partition coefficient (Wildman–Crippen LogP) is 4.89. The molecule has 0 atom stereocenters. The first-order valence-electron chi connectivity index (χ1n) is 5.76. The lowest BCUT2D eigenvalue weighted by atomic mass is 10.2. The van der Waals surface area contributed by atoms with Crippen molar-refractivity contribution in [3.63, 3.8) is 0 Å². The van der Waals surface area contributed by atoms with Crippen LogP contribution < -0.4 is 10.1 Å². The maximum Gasteiger partial charge on any atom is 0.201 e. The number of hydrogen-bond donors (Lipinski definition) is 1. The van der Waals surface area contributed by atoms with Crippen molar-refractivity contribution in [1.29, 1.82) is 0 Å². The number of rotatable bonds is 4. The number of ether oxygens (including phenoxy) is 1. The summed E-state index contributed by atoms with van der Waals surface area (Å²) in [6.45, 7) is 0.653. The fraction of sp³-hybridized carbons (Fsp3) is 0.143. The molecule has 0 heterocycles. The van der Waals surface area contributed by atoms with E-state index in [1.165, 1.54) is 6.07 Å². The van der Waals surface area contributed by atoms with Crippen LogP contribution in [0.15, 0.2) is 34.8 Å². The van der Waals surface area contributed by atoms with Crippen molar-refractivity contribution in [3.8, 4) is 11.5 Å². The highest BCUT2D eigenvalue weighted by Gasteiger charge is 2.13. The van der Waals surface area contributed by atoms with Crippen LogP contribution in [0.4, 0.5) is 8.78 Å². The molecule has 0 spiro atoms. The Morgan fingerprint density at radius 2 is 1.95 bits per heavy atom. The summed E-state index contributed by atoms with van der Waals surface area (Å²) in [6.07, 6.45) is 0. The van der Waals surface area contributed by atoms with Crippen molar-refractivity contribution >= 4 is 27.5 Å². The van der Waals surface area contributed by atoms with Gasteiger partial charge < -0.3 is 10.1 Å². The normalized spacial score (nSPS) is 10.7. The molecule has 0 fully saturated rings. The van der Waals surface area contributed by atoms with E-state index in [2.05, 4.69) is 21.2 Å². The molecule has 0 amide bonds. The predicted molar refractivity (Wildman–Crippen MR) is 78.3 cm³/mol. The van der Waals surface area contributed by atoms with E-state index >= 15 is 0 Å². The SMILES string of the molecule is CNCc1ccc(Oc2cc(Br)cc(F)c2F)c(Cl)c1. The van der Waals surface area contributed by atoms with Crippen LogP contribution in [0.25, 0.3) is 0 Å². The molecule has 0 radical (unpaired) electrons. The highest BCUT2D eigenvalue weighted by Crippen LogP contribution is 2.33. The third-order valence-electron chi connectivity index (χ3n) is 2.56. The second-order valence-electron chi connectivity index (χ2n) is 4.10. The van der Waals surface area contributed by atoms with Crippen molar-refractivity contribution in [2.75, 3.05) is 7.05 Å². The zero-order valence-electron chi connectivity index (χ0n) is 10.5. The molecule has 0 aliphatic rings. The summed E-state index contributed by atoms with van der Waals surface area (Å²) in [5.74, 6) is -2.00. The maximum atomic E-state index is 13.6. The summed E-state index contributed by atoms with van der Waals surface area (Å²) in [5, 5.41) is 3.32. The minimum atomic E-state index is -1.05. The van der Waals surface area contributed by atoms with E-state index in [1.54, 1.807) is 18.2 Å². The molecule has 0 bridgehead atoms. The number of halogens is 4. The summed E-state index contributed by atoms with van der Waals surface area (Å²) in [5.41, 5.74) is 0.964. The van der Waals surface area contributed by atoms with Crippen LogP contribution in [0.3, 0.4) is 0 Å². The Balaban J connectivity index is 2.31. The van der Waals surface area contributed by atoms with E-state index in [1.807, 2.05) is 7.05 Å². The van der Waals surface area contributed by atoms with Gasteiger partial charge in [0.25, 0.3) is 0 Å². The van der Waals surface area contributed by atoms with Crippen LogP contribution in [0, 0.1) is 11.6 Å². The molecule has 2 aromatic carbocycles. The summed E-state index contributed by atoms with van der Waals surface area (Å²) in [7, 11) is 1.82. The highest BCUT2D eigenvalue weighted by molar-refractivity contribution is 9.10. The lowest BCUT2D eigenvalue weighted by Crippen LogP contribution is -2.04. The van der Waals surface area contributed by atoms with Crippen LogP contribution in [-0.2, 0) is 6.54 Å². The molecule has 6 heteroatoms. The third kappa shape index (κ3) is 3.48. The smallest absolute Gasteiger partial charge is 0.201 e. The molecule has 1 N–H and O–H groups in total. The number of nitrogens with one attached hydrogen (secondary N) is 1. The van der Waals surface area contributed by atoms with Gasteiger partial charge >= 0.3 is 0 Å². The quantitative estimate of drug-likeness (QED) is 0.782. The van der Waals surface area contributed by atoms with E-state index in [4.69, 9.17) is 16.3 Å². The number of hydrogen-bond acceptors (Lipinski definition) is 2. The van der Waals surface area contributed by atoms with Crippen LogP contribution in [0.1, 0.15) is 5.56 Å². The molecule has 0 aliphatic carbocycles. The average Bonchev–Trinajstić information content (AvgIpc) is 2.38. The standard InChI is InChI=1S/C14H11BrClF2NO/c1-19-7-8-2-3-12(10(16)4-8)20-13-6-9(15)5-11(17)14(13)18/h2-6,19H,7H2,1H3. The molecule has 106 valence electrons. The highest BCUT2D eigenvalue weighted by atomic mass is 79.9. The molecule has 20 heavy (non-hydrogen) atoms. The van der Waals surface area contributed by atoms with E-state index in [-0.39, 0.29) is 11.5 Å². The van der Waals surface area contributed by atoms with Crippen LogP contribution >= 0.6 is 27.5 Å². The molecule has 0 aliphatic heterocycles. The van der Waals surface area contributed by atoms with E-state index < -0.39 is 11.6 Å². The Morgan fingerprint density at radius 3 is 2.60 bits per heavy atom. The van der Waals surface area contributed by atoms with Gasteiger partial charge in [-0.05, 0) is 36.9 Å². The van der Waals surface area contributed by atoms with Gasteiger partial charge in [0.1, 0.15) is 5.75 Å². The Kier molecular flexibility index (Phi) is 4.96. The average molecular weight is 363 g/mol. The second kappa shape index (κ2) is 6.52. The van der Waals surface area contributed by atoms with Gasteiger partial charge in [0.2, 0.25) is 5.82 Å². The summed E-state index contributed by atoms with van der Waals surface area (Å²) in [6, 6.07) is 7.49. The van der Waals surface area contributed by atoms with Gasteiger partial charge in [-0.3, -0.25) is 0 Å². The molecular weight excluding hydrogens is 352 g/mol. The fourth-order valence-corrected chi connectivity index (χ4v) is 2.32. The molecule has 0 aromatic heterocycles. The van der Waals surface area contributed by atoms with Gasteiger partial charge in [0.05, 0.1) is 5.02 Å². The second-order valence-corrected chi connectivity index (χ2v) is 5.42. The first-order chi connectivity index (χ1) is 9.51. The van der Waals surface area contributed by atoms with Gasteiger partial charge in [0, 0.05) is 11.0 Å². The maximum absolute atomic E-state index is 13.6. The zero-order valence-corrected chi connectivity index (χ0v) is 12.9. The largest absolute Gasteiger partial charge is 0.453 e. The zero-order chi connectivity index (χ0) is 14.7. The molecular formula is C14H11BrClF2NO. The van der Waals surface area contributed by atoms with Crippen molar-refractivity contribution in [3.05, 3.63) is 57.0 Å². The summed E-state index contributed by atoms with van der Waals surface area (Å²) < 4.78 is 32.6. The Morgan fingerprint density at radius 1 is 1.20 bits per heavy atom. The minimum absolute atomic E-state index is 0.222. The molecule has 2 rings (SSSR count). The topological polar surface area (TPSA) is 21.3 Å². The third-order valence-corrected chi connectivity index (χ3v) is 3.31. The minimum Gasteiger partial charge on any atom is -0.453 e. The first-order valence-corrected chi connectivity index (χ1v) is 6.93. The summed E-state index contributed by atoms with van der Waals surface area (Å²) >= 11 is 9.15. The van der Waals surface area contributed by atoms with Crippen LogP contribution in [0.5, 0.6) is 11.5 Å². The Hall–Kier alpha value is -1.17. The van der Waals surface area contributed by atoms with Crippen molar-refractivity contribution < 1.29 is 13.5 Å². The van der Waals surface area contributed by atoms with Gasteiger partial charge in [-0.2, -0.15) is 4.39 Å². The van der Waals surface area contributed by atoms with Gasteiger partial charge in [0.15, 0.2) is 11.6 Å². The Labute approximate surface area is 128 Å². The first kappa shape index (κ1) is 15.2. The van der Waals surface area contributed by atoms with Gasteiger partial charge in [-0.1, -0.05) is 33.6 Å². The van der Waals surface area contributed by atoms with E-state index in [9.17, 15) is 8.78 Å². The van der Waals surface area contributed by atoms with E-state index in [0.717, 1.165) is 11.6 Å². The molecule has 2 aromatic rings. The van der Waals surface area contributed by atoms with Crippen LogP contribution in [0.2, 0.25) is 5.02 Å². The fourth-order valence-electron chi connectivity index (χ4n) is 1.67. The van der Waals surface area contributed by atoms with Crippen LogP contribution in [-0.4, -0.2) is 7.05 Å². The number of benzene rings is 2. The molecule has 0 saturated carbocycles.